The Balaban J connectivity index is 1.75. The molecule has 0 aliphatic rings. The number of rotatable bonds is 4. The Morgan fingerprint density at radius 3 is 2.35 bits per heavy atom. The van der Waals surface area contributed by atoms with E-state index in [-0.39, 0.29) is 5.82 Å². The molecule has 0 amide bonds. The summed E-state index contributed by atoms with van der Waals surface area (Å²) in [6, 6.07) is 14.6. The van der Waals surface area contributed by atoms with E-state index in [9.17, 15) is 4.39 Å². The first kappa shape index (κ1) is 14.5. The maximum Gasteiger partial charge on any atom is 0.170 e. The van der Waals surface area contributed by atoms with E-state index in [1.165, 1.54) is 17.7 Å². The van der Waals surface area contributed by atoms with Crippen LogP contribution in [0, 0.1) is 12.7 Å². The minimum atomic E-state index is -0.210. The second-order valence-electron chi connectivity index (χ2n) is 4.62. The van der Waals surface area contributed by atoms with Gasteiger partial charge in [-0.1, -0.05) is 29.8 Å². The summed E-state index contributed by atoms with van der Waals surface area (Å²) >= 11 is 5.22. The number of thiocarbonyl (C=S) groups is 1. The van der Waals surface area contributed by atoms with Crippen LogP contribution in [0.4, 0.5) is 10.1 Å². The smallest absolute Gasteiger partial charge is 0.170 e. The number of hydrogen-bond donors (Lipinski definition) is 2. The van der Waals surface area contributed by atoms with Gasteiger partial charge >= 0.3 is 0 Å². The zero-order valence-electron chi connectivity index (χ0n) is 11.3. The third kappa shape index (κ3) is 4.63. The molecule has 0 heterocycles. The highest BCUT2D eigenvalue weighted by Crippen LogP contribution is 2.08. The van der Waals surface area contributed by atoms with Crippen molar-refractivity contribution in [2.45, 2.75) is 13.3 Å². The molecule has 0 fully saturated rings. The Labute approximate surface area is 124 Å². The van der Waals surface area contributed by atoms with E-state index < -0.39 is 0 Å². The fourth-order valence-corrected chi connectivity index (χ4v) is 2.00. The Bertz CT molecular complexity index is 564. The topological polar surface area (TPSA) is 24.1 Å². The number of halogens is 1. The van der Waals surface area contributed by atoms with Crippen LogP contribution in [0.5, 0.6) is 0 Å². The summed E-state index contributed by atoms with van der Waals surface area (Å²) in [6.45, 7) is 2.76. The summed E-state index contributed by atoms with van der Waals surface area (Å²) in [5, 5.41) is 6.85. The molecule has 0 aromatic heterocycles. The lowest BCUT2D eigenvalue weighted by atomic mass is 10.1. The molecule has 0 atom stereocenters. The summed E-state index contributed by atoms with van der Waals surface area (Å²) < 4.78 is 12.8. The highest BCUT2D eigenvalue weighted by atomic mass is 32.1. The summed E-state index contributed by atoms with van der Waals surface area (Å²) in [7, 11) is 0. The van der Waals surface area contributed by atoms with Crippen molar-refractivity contribution in [3.8, 4) is 0 Å². The Morgan fingerprint density at radius 1 is 1.05 bits per heavy atom. The number of nitrogens with one attached hydrogen (secondary N) is 2. The first-order valence-electron chi connectivity index (χ1n) is 6.49. The van der Waals surface area contributed by atoms with Gasteiger partial charge in [0.1, 0.15) is 5.82 Å². The van der Waals surface area contributed by atoms with Crippen LogP contribution in [-0.4, -0.2) is 11.7 Å². The number of anilines is 1. The Hall–Kier alpha value is -1.94. The molecule has 2 aromatic carbocycles. The largest absolute Gasteiger partial charge is 0.362 e. The van der Waals surface area contributed by atoms with Crippen molar-refractivity contribution in [2.75, 3.05) is 11.9 Å². The zero-order chi connectivity index (χ0) is 14.4. The molecule has 0 saturated carbocycles. The fraction of sp³-hybridized carbons (Fsp3) is 0.188. The minimum Gasteiger partial charge on any atom is -0.362 e. The van der Waals surface area contributed by atoms with Crippen LogP contribution >= 0.6 is 12.2 Å². The van der Waals surface area contributed by atoms with E-state index in [2.05, 4.69) is 10.6 Å². The highest BCUT2D eigenvalue weighted by Gasteiger charge is 1.98. The standard InChI is InChI=1S/C16H17FN2S/c1-12-2-8-15(9-3-12)19-16(20)18-11-10-13-4-6-14(17)7-5-13/h2-9H,10-11H2,1H3,(H2,18,19,20). The van der Waals surface area contributed by atoms with Crippen molar-refractivity contribution in [1.29, 1.82) is 0 Å². The summed E-state index contributed by atoms with van der Waals surface area (Å²) in [5.41, 5.74) is 3.26. The lowest BCUT2D eigenvalue weighted by molar-refractivity contribution is 0.627. The zero-order valence-corrected chi connectivity index (χ0v) is 12.1. The molecule has 0 spiro atoms. The third-order valence-electron chi connectivity index (χ3n) is 2.92. The predicted octanol–water partition coefficient (Wildman–Crippen LogP) is 3.66. The summed E-state index contributed by atoms with van der Waals surface area (Å²) in [6.07, 6.45) is 0.802. The molecular formula is C16H17FN2S. The average molecular weight is 288 g/mol. The Kier molecular flexibility index (Phi) is 5.07. The first-order chi connectivity index (χ1) is 9.63. The van der Waals surface area contributed by atoms with Gasteiger partial charge in [-0.3, -0.25) is 0 Å². The van der Waals surface area contributed by atoms with Gasteiger partial charge in [0, 0.05) is 12.2 Å². The van der Waals surface area contributed by atoms with Gasteiger partial charge in [-0.25, -0.2) is 4.39 Å². The van der Waals surface area contributed by atoms with Gasteiger partial charge in [0.25, 0.3) is 0 Å². The lowest BCUT2D eigenvalue weighted by Gasteiger charge is -2.10. The molecule has 0 saturated heterocycles. The molecule has 0 radical (unpaired) electrons. The van der Waals surface area contributed by atoms with Gasteiger partial charge in [-0.05, 0) is 55.4 Å². The second kappa shape index (κ2) is 7.01. The molecule has 0 aliphatic carbocycles. The van der Waals surface area contributed by atoms with Crippen LogP contribution < -0.4 is 10.6 Å². The van der Waals surface area contributed by atoms with Gasteiger partial charge in [0.05, 0.1) is 0 Å². The molecule has 20 heavy (non-hydrogen) atoms. The molecule has 0 unspecified atom stereocenters. The second-order valence-corrected chi connectivity index (χ2v) is 5.03. The maximum absolute atomic E-state index is 12.8. The van der Waals surface area contributed by atoms with Crippen molar-refractivity contribution in [1.82, 2.24) is 5.32 Å². The van der Waals surface area contributed by atoms with Crippen molar-refractivity contribution < 1.29 is 4.39 Å². The van der Waals surface area contributed by atoms with E-state index in [0.717, 1.165) is 17.7 Å². The number of hydrogen-bond acceptors (Lipinski definition) is 1. The minimum absolute atomic E-state index is 0.210. The quantitative estimate of drug-likeness (QED) is 0.840. The molecule has 2 rings (SSSR count). The van der Waals surface area contributed by atoms with Gasteiger partial charge in [0.15, 0.2) is 5.11 Å². The van der Waals surface area contributed by atoms with E-state index in [1.54, 1.807) is 12.1 Å². The molecule has 2 aromatic rings. The van der Waals surface area contributed by atoms with Crippen LogP contribution in [0.1, 0.15) is 11.1 Å². The third-order valence-corrected chi connectivity index (χ3v) is 3.17. The normalized spacial score (nSPS) is 10.1. The molecule has 104 valence electrons. The number of aryl methyl sites for hydroxylation is 1. The van der Waals surface area contributed by atoms with Crippen molar-refractivity contribution in [2.24, 2.45) is 0 Å². The Morgan fingerprint density at radius 2 is 1.70 bits per heavy atom. The van der Waals surface area contributed by atoms with Crippen molar-refractivity contribution in [3.05, 3.63) is 65.5 Å². The maximum atomic E-state index is 12.8. The molecule has 2 nitrogen and oxygen atoms in total. The van der Waals surface area contributed by atoms with Gasteiger partial charge < -0.3 is 10.6 Å². The van der Waals surface area contributed by atoms with Crippen LogP contribution in [0.3, 0.4) is 0 Å². The lowest BCUT2D eigenvalue weighted by Crippen LogP contribution is -2.30. The van der Waals surface area contributed by atoms with Gasteiger partial charge in [-0.15, -0.1) is 0 Å². The van der Waals surface area contributed by atoms with Crippen LogP contribution in [0.25, 0.3) is 0 Å². The first-order valence-corrected chi connectivity index (χ1v) is 6.90. The molecule has 0 bridgehead atoms. The van der Waals surface area contributed by atoms with Gasteiger partial charge in [-0.2, -0.15) is 0 Å². The predicted molar refractivity (Wildman–Crippen MR) is 85.5 cm³/mol. The SMILES string of the molecule is Cc1ccc(NC(=S)NCCc2ccc(F)cc2)cc1. The van der Waals surface area contributed by atoms with Gasteiger partial charge in [0.2, 0.25) is 0 Å². The van der Waals surface area contributed by atoms with E-state index >= 15 is 0 Å². The van der Waals surface area contributed by atoms with E-state index in [0.29, 0.717) is 11.7 Å². The number of benzene rings is 2. The molecule has 2 N–H and O–H groups in total. The van der Waals surface area contributed by atoms with Crippen molar-refractivity contribution in [3.63, 3.8) is 0 Å². The summed E-state index contributed by atoms with van der Waals surface area (Å²) in [4.78, 5) is 0. The van der Waals surface area contributed by atoms with Crippen LogP contribution in [0.2, 0.25) is 0 Å². The van der Waals surface area contributed by atoms with E-state index in [4.69, 9.17) is 12.2 Å². The summed E-state index contributed by atoms with van der Waals surface area (Å²) in [5.74, 6) is -0.210. The van der Waals surface area contributed by atoms with Crippen molar-refractivity contribution >= 4 is 23.0 Å². The monoisotopic (exact) mass is 288 g/mol. The fourth-order valence-electron chi connectivity index (χ4n) is 1.78. The van der Waals surface area contributed by atoms with Crippen LogP contribution in [0.15, 0.2) is 48.5 Å². The van der Waals surface area contributed by atoms with E-state index in [1.807, 2.05) is 31.2 Å². The molecular weight excluding hydrogens is 271 g/mol. The molecule has 4 heteroatoms. The average Bonchev–Trinajstić information content (AvgIpc) is 2.44. The van der Waals surface area contributed by atoms with Crippen LogP contribution in [-0.2, 0) is 6.42 Å². The highest BCUT2D eigenvalue weighted by molar-refractivity contribution is 7.80. The molecule has 0 aliphatic heterocycles.